The first-order valence-corrected chi connectivity index (χ1v) is 11.6. The van der Waals surface area contributed by atoms with Gasteiger partial charge in [-0.05, 0) is 65.4 Å². The van der Waals surface area contributed by atoms with E-state index in [0.29, 0.717) is 18.1 Å². The number of anilines is 2. The van der Waals surface area contributed by atoms with Crippen molar-refractivity contribution in [1.29, 1.82) is 0 Å². The molecule has 0 radical (unpaired) electrons. The van der Waals surface area contributed by atoms with E-state index in [4.69, 9.17) is 11.3 Å². The van der Waals surface area contributed by atoms with E-state index < -0.39 is 0 Å². The molecule has 2 atom stereocenters. The lowest BCUT2D eigenvalue weighted by Gasteiger charge is -2.38. The fraction of sp³-hybridized carbons (Fsp3) is 0.375. The highest BCUT2D eigenvalue weighted by molar-refractivity contribution is 9.10. The molecule has 0 saturated carbocycles. The molecular weight excluding hydrogens is 470 g/mol. The van der Waals surface area contributed by atoms with Gasteiger partial charge >= 0.3 is 0 Å². The highest BCUT2D eigenvalue weighted by Crippen LogP contribution is 2.42. The average Bonchev–Trinajstić information content (AvgIpc) is 3.07. The van der Waals surface area contributed by atoms with Gasteiger partial charge in [-0.25, -0.2) is 4.85 Å². The maximum absolute atomic E-state index is 10.2. The van der Waals surface area contributed by atoms with Crippen molar-refractivity contribution < 1.29 is 9.84 Å². The SMILES string of the molecule is [C-]#[N+]c1ccc2c(N3C4CCC3CC(O)C4)nnc(NCc3ccc(OC)c(Br)c3)c2c1. The minimum absolute atomic E-state index is 0.235. The number of ether oxygens (including phenoxy) is 1. The normalized spacial score (nSPS) is 22.1. The lowest BCUT2D eigenvalue weighted by molar-refractivity contribution is 0.126. The Kier molecular flexibility index (Phi) is 5.62. The van der Waals surface area contributed by atoms with Crippen molar-refractivity contribution in [3.05, 3.63) is 57.9 Å². The van der Waals surface area contributed by atoms with Crippen LogP contribution in [0, 0.1) is 6.57 Å². The van der Waals surface area contributed by atoms with Gasteiger partial charge in [-0.1, -0.05) is 18.2 Å². The molecule has 2 N–H and O–H groups in total. The maximum Gasteiger partial charge on any atom is 0.188 e. The molecule has 3 heterocycles. The van der Waals surface area contributed by atoms with E-state index in [1.165, 1.54) is 0 Å². The Bertz CT molecular complexity index is 1200. The van der Waals surface area contributed by atoms with E-state index in [0.717, 1.165) is 58.1 Å². The highest BCUT2D eigenvalue weighted by Gasteiger charge is 2.41. The highest BCUT2D eigenvalue weighted by atomic mass is 79.9. The first-order valence-electron chi connectivity index (χ1n) is 10.8. The van der Waals surface area contributed by atoms with E-state index in [1.807, 2.05) is 36.4 Å². The molecule has 2 aliphatic rings. The molecule has 2 saturated heterocycles. The second-order valence-corrected chi connectivity index (χ2v) is 9.31. The standard InChI is InChI=1S/C24H24BrN5O2/c1-26-15-4-7-19-20(10-15)23(27-13-14-3-8-22(32-2)21(25)9-14)28-29-24(19)30-16-5-6-17(30)12-18(31)11-16/h3-4,7-10,16-18,31H,5-6,11-13H2,2H3,(H,27,28). The number of nitrogens with one attached hydrogen (secondary N) is 1. The largest absolute Gasteiger partial charge is 0.496 e. The van der Waals surface area contributed by atoms with Crippen molar-refractivity contribution in [3.8, 4) is 5.75 Å². The minimum Gasteiger partial charge on any atom is -0.496 e. The van der Waals surface area contributed by atoms with Gasteiger partial charge in [0.05, 0.1) is 24.3 Å². The predicted octanol–water partition coefficient (Wildman–Crippen LogP) is 5.06. The van der Waals surface area contributed by atoms with E-state index in [1.54, 1.807) is 7.11 Å². The van der Waals surface area contributed by atoms with Crippen LogP contribution in [0.2, 0.25) is 0 Å². The van der Waals surface area contributed by atoms with Crippen LogP contribution in [0.15, 0.2) is 40.9 Å². The number of aromatic nitrogens is 2. The predicted molar refractivity (Wildman–Crippen MR) is 128 cm³/mol. The molecule has 164 valence electrons. The monoisotopic (exact) mass is 493 g/mol. The first-order chi connectivity index (χ1) is 15.6. The molecule has 3 aromatic rings. The summed E-state index contributed by atoms with van der Waals surface area (Å²) in [6.07, 6.45) is 3.44. The van der Waals surface area contributed by atoms with Crippen LogP contribution in [0.5, 0.6) is 5.75 Å². The topological polar surface area (TPSA) is 74.9 Å². The van der Waals surface area contributed by atoms with Gasteiger partial charge in [0, 0.05) is 29.4 Å². The molecule has 0 aliphatic carbocycles. The zero-order valence-electron chi connectivity index (χ0n) is 17.8. The summed E-state index contributed by atoms with van der Waals surface area (Å²) < 4.78 is 6.20. The molecule has 1 aromatic heterocycles. The van der Waals surface area contributed by atoms with Gasteiger partial charge in [0.25, 0.3) is 0 Å². The smallest absolute Gasteiger partial charge is 0.188 e. The van der Waals surface area contributed by atoms with Gasteiger partial charge < -0.3 is 20.1 Å². The third kappa shape index (κ3) is 3.76. The van der Waals surface area contributed by atoms with E-state index >= 15 is 0 Å². The van der Waals surface area contributed by atoms with E-state index in [2.05, 4.69) is 41.2 Å². The number of rotatable bonds is 5. The van der Waals surface area contributed by atoms with E-state index in [-0.39, 0.29) is 18.2 Å². The summed E-state index contributed by atoms with van der Waals surface area (Å²) in [4.78, 5) is 5.96. The fourth-order valence-electron chi connectivity index (χ4n) is 5.02. The number of aliphatic hydroxyl groups is 1. The molecule has 2 aliphatic heterocycles. The van der Waals surface area contributed by atoms with Crippen LogP contribution in [0.3, 0.4) is 0 Å². The molecule has 32 heavy (non-hydrogen) atoms. The van der Waals surface area contributed by atoms with Crippen molar-refractivity contribution in [3.63, 3.8) is 0 Å². The summed E-state index contributed by atoms with van der Waals surface area (Å²) in [5, 5.41) is 24.6. The van der Waals surface area contributed by atoms with Crippen molar-refractivity contribution in [1.82, 2.24) is 10.2 Å². The van der Waals surface area contributed by atoms with Gasteiger partial charge in [-0.3, -0.25) is 0 Å². The number of methoxy groups -OCH3 is 1. The lowest BCUT2D eigenvalue weighted by atomic mass is 9.99. The first kappa shape index (κ1) is 21.0. The van der Waals surface area contributed by atoms with Crippen LogP contribution in [-0.2, 0) is 6.54 Å². The van der Waals surface area contributed by atoms with Crippen LogP contribution in [-0.4, -0.2) is 40.6 Å². The number of piperidine rings is 1. The van der Waals surface area contributed by atoms with Crippen LogP contribution in [0.25, 0.3) is 15.6 Å². The molecule has 5 rings (SSSR count). The van der Waals surface area contributed by atoms with Gasteiger partial charge in [0.15, 0.2) is 17.3 Å². The molecule has 2 aromatic carbocycles. The van der Waals surface area contributed by atoms with E-state index in [9.17, 15) is 5.11 Å². The van der Waals surface area contributed by atoms with Gasteiger partial charge in [-0.2, -0.15) is 0 Å². The number of aliphatic hydroxyl groups excluding tert-OH is 1. The van der Waals surface area contributed by atoms with Gasteiger partial charge in [0.1, 0.15) is 5.75 Å². The van der Waals surface area contributed by atoms with Crippen molar-refractivity contribution >= 4 is 44.0 Å². The minimum atomic E-state index is -0.235. The Morgan fingerprint density at radius 2 is 1.94 bits per heavy atom. The molecule has 2 fully saturated rings. The summed E-state index contributed by atoms with van der Waals surface area (Å²) in [5.41, 5.74) is 1.64. The second kappa shape index (κ2) is 8.57. The molecular formula is C24H24BrN5O2. The quantitative estimate of drug-likeness (QED) is 0.484. The Morgan fingerprint density at radius 3 is 2.62 bits per heavy atom. The zero-order valence-corrected chi connectivity index (χ0v) is 19.3. The van der Waals surface area contributed by atoms with Gasteiger partial charge in [-0.15, -0.1) is 10.2 Å². The molecule has 2 unspecified atom stereocenters. The van der Waals surface area contributed by atoms with Crippen molar-refractivity contribution in [2.75, 3.05) is 17.3 Å². The number of halogens is 1. The van der Waals surface area contributed by atoms with Gasteiger partial charge in [0.2, 0.25) is 0 Å². The number of fused-ring (bicyclic) bond motifs is 3. The van der Waals surface area contributed by atoms with Crippen LogP contribution < -0.4 is 15.0 Å². The van der Waals surface area contributed by atoms with Crippen LogP contribution in [0.1, 0.15) is 31.2 Å². The number of nitrogens with zero attached hydrogens (tertiary/aromatic N) is 4. The molecule has 0 spiro atoms. The molecule has 0 amide bonds. The summed E-state index contributed by atoms with van der Waals surface area (Å²) in [7, 11) is 1.64. The number of hydrogen-bond acceptors (Lipinski definition) is 6. The Labute approximate surface area is 195 Å². The summed E-state index contributed by atoms with van der Waals surface area (Å²) >= 11 is 3.53. The maximum atomic E-state index is 10.2. The Balaban J connectivity index is 1.50. The third-order valence-electron chi connectivity index (χ3n) is 6.50. The average molecular weight is 494 g/mol. The van der Waals surface area contributed by atoms with Crippen molar-refractivity contribution in [2.24, 2.45) is 0 Å². The Hall–Kier alpha value is -2.89. The Morgan fingerprint density at radius 1 is 1.16 bits per heavy atom. The summed E-state index contributed by atoms with van der Waals surface area (Å²) in [5.74, 6) is 2.30. The second-order valence-electron chi connectivity index (χ2n) is 8.45. The van der Waals surface area contributed by atoms with Crippen LogP contribution in [0.4, 0.5) is 17.3 Å². The van der Waals surface area contributed by atoms with Crippen molar-refractivity contribution in [2.45, 2.75) is 50.4 Å². The lowest BCUT2D eigenvalue weighted by Crippen LogP contribution is -2.45. The fourth-order valence-corrected chi connectivity index (χ4v) is 5.61. The molecule has 7 nitrogen and oxygen atoms in total. The summed E-state index contributed by atoms with van der Waals surface area (Å²) in [6, 6.07) is 12.2. The number of benzene rings is 2. The number of hydrogen-bond donors (Lipinski definition) is 2. The summed E-state index contributed by atoms with van der Waals surface area (Å²) in [6.45, 7) is 8.01. The molecule has 2 bridgehead atoms. The van der Waals surface area contributed by atoms with Crippen LogP contribution >= 0.6 is 15.9 Å². The zero-order chi connectivity index (χ0) is 22.2. The third-order valence-corrected chi connectivity index (χ3v) is 7.12. The molecule has 8 heteroatoms.